The summed E-state index contributed by atoms with van der Waals surface area (Å²) in [6.07, 6.45) is 2.30. The van der Waals surface area contributed by atoms with Crippen molar-refractivity contribution in [1.29, 1.82) is 0 Å². The average molecular weight is 242 g/mol. The topological polar surface area (TPSA) is 21.3 Å². The van der Waals surface area contributed by atoms with E-state index < -0.39 is 0 Å². The first-order valence-electron chi connectivity index (χ1n) is 5.89. The first-order valence-corrected chi connectivity index (χ1v) is 6.27. The van der Waals surface area contributed by atoms with Crippen LogP contribution < -0.4 is 10.1 Å². The minimum Gasteiger partial charge on any atom is -0.488 e. The molecule has 0 amide bonds. The van der Waals surface area contributed by atoms with Crippen molar-refractivity contribution in [2.75, 3.05) is 13.1 Å². The van der Waals surface area contributed by atoms with Gasteiger partial charge in [-0.05, 0) is 31.5 Å². The Morgan fingerprint density at radius 1 is 1.31 bits per heavy atom. The maximum absolute atomic E-state index is 6.04. The number of halogens is 1. The van der Waals surface area contributed by atoms with Gasteiger partial charge in [-0.25, -0.2) is 0 Å². The molecular weight excluding hydrogens is 222 g/mol. The molecule has 3 heteroatoms. The van der Waals surface area contributed by atoms with E-state index in [9.17, 15) is 0 Å². The fourth-order valence-corrected chi connectivity index (χ4v) is 1.61. The second-order valence-corrected chi connectivity index (χ2v) is 4.19. The zero-order valence-corrected chi connectivity index (χ0v) is 10.8. The van der Waals surface area contributed by atoms with E-state index in [-0.39, 0.29) is 6.10 Å². The number of rotatable bonds is 7. The molecule has 16 heavy (non-hydrogen) atoms. The van der Waals surface area contributed by atoms with Crippen molar-refractivity contribution < 1.29 is 4.74 Å². The predicted molar refractivity (Wildman–Crippen MR) is 69.3 cm³/mol. The Morgan fingerprint density at radius 2 is 2.06 bits per heavy atom. The highest BCUT2D eigenvalue weighted by Crippen LogP contribution is 2.24. The van der Waals surface area contributed by atoms with Gasteiger partial charge in [0, 0.05) is 6.54 Å². The Kier molecular flexibility index (Phi) is 6.27. The zero-order chi connectivity index (χ0) is 11.8. The standard InChI is InChI=1S/C13H20ClNO/c1-3-9-15-10-11(4-2)16-13-8-6-5-7-12(13)14/h5-8,11,15H,3-4,9-10H2,1-2H3. The average Bonchev–Trinajstić information content (AvgIpc) is 2.30. The van der Waals surface area contributed by atoms with Crippen LogP contribution in [0.25, 0.3) is 0 Å². The largest absolute Gasteiger partial charge is 0.488 e. The number of ether oxygens (including phenoxy) is 1. The van der Waals surface area contributed by atoms with Gasteiger partial charge in [-0.2, -0.15) is 0 Å². The van der Waals surface area contributed by atoms with E-state index in [0.717, 1.165) is 31.7 Å². The van der Waals surface area contributed by atoms with Crippen LogP contribution in [0.5, 0.6) is 5.75 Å². The Labute approximate surface area is 103 Å². The normalized spacial score (nSPS) is 12.4. The van der Waals surface area contributed by atoms with Crippen molar-refractivity contribution in [3.63, 3.8) is 0 Å². The van der Waals surface area contributed by atoms with E-state index in [4.69, 9.17) is 16.3 Å². The minimum atomic E-state index is 0.187. The van der Waals surface area contributed by atoms with E-state index in [0.29, 0.717) is 5.02 Å². The predicted octanol–water partition coefficient (Wildman–Crippen LogP) is 3.50. The number of hydrogen-bond donors (Lipinski definition) is 1. The van der Waals surface area contributed by atoms with Crippen LogP contribution in [0.3, 0.4) is 0 Å². The van der Waals surface area contributed by atoms with Gasteiger partial charge in [-0.1, -0.05) is 37.6 Å². The molecule has 1 unspecified atom stereocenters. The van der Waals surface area contributed by atoms with Crippen molar-refractivity contribution in [2.24, 2.45) is 0 Å². The highest BCUT2D eigenvalue weighted by atomic mass is 35.5. The van der Waals surface area contributed by atoms with Crippen LogP contribution in [0.15, 0.2) is 24.3 Å². The summed E-state index contributed by atoms with van der Waals surface area (Å²) in [6.45, 7) is 6.18. The molecule has 0 radical (unpaired) electrons. The smallest absolute Gasteiger partial charge is 0.138 e. The van der Waals surface area contributed by atoms with Gasteiger partial charge >= 0.3 is 0 Å². The first-order chi connectivity index (χ1) is 7.77. The zero-order valence-electron chi connectivity index (χ0n) is 10.0. The summed E-state index contributed by atoms with van der Waals surface area (Å²) in [4.78, 5) is 0. The highest BCUT2D eigenvalue weighted by molar-refractivity contribution is 6.32. The van der Waals surface area contributed by atoms with Crippen LogP contribution in [0.1, 0.15) is 26.7 Å². The van der Waals surface area contributed by atoms with Gasteiger partial charge in [0.1, 0.15) is 11.9 Å². The van der Waals surface area contributed by atoms with E-state index in [1.54, 1.807) is 0 Å². The van der Waals surface area contributed by atoms with Crippen molar-refractivity contribution in [3.05, 3.63) is 29.3 Å². The summed E-state index contributed by atoms with van der Waals surface area (Å²) in [7, 11) is 0. The first kappa shape index (κ1) is 13.3. The molecule has 2 nitrogen and oxygen atoms in total. The fourth-order valence-electron chi connectivity index (χ4n) is 1.43. The molecular formula is C13H20ClNO. The molecule has 0 saturated heterocycles. The third kappa shape index (κ3) is 4.42. The summed E-state index contributed by atoms with van der Waals surface area (Å²) in [5, 5.41) is 4.03. The molecule has 0 aliphatic rings. The maximum atomic E-state index is 6.04. The summed E-state index contributed by atoms with van der Waals surface area (Å²) in [5.41, 5.74) is 0. The lowest BCUT2D eigenvalue weighted by molar-refractivity contribution is 0.194. The summed E-state index contributed by atoms with van der Waals surface area (Å²) >= 11 is 6.04. The second-order valence-electron chi connectivity index (χ2n) is 3.78. The molecule has 1 atom stereocenters. The molecule has 0 fully saturated rings. The lowest BCUT2D eigenvalue weighted by atomic mass is 10.2. The van der Waals surface area contributed by atoms with Crippen molar-refractivity contribution in [1.82, 2.24) is 5.32 Å². The van der Waals surface area contributed by atoms with Crippen LogP contribution in [-0.2, 0) is 0 Å². The number of para-hydroxylation sites is 1. The highest BCUT2D eigenvalue weighted by Gasteiger charge is 2.09. The van der Waals surface area contributed by atoms with Gasteiger partial charge in [0.15, 0.2) is 0 Å². The number of benzene rings is 1. The Balaban J connectivity index is 2.46. The van der Waals surface area contributed by atoms with Gasteiger partial charge in [0.05, 0.1) is 5.02 Å². The van der Waals surface area contributed by atoms with Gasteiger partial charge in [-0.15, -0.1) is 0 Å². The van der Waals surface area contributed by atoms with Crippen molar-refractivity contribution in [3.8, 4) is 5.75 Å². The van der Waals surface area contributed by atoms with Crippen LogP contribution in [0, 0.1) is 0 Å². The monoisotopic (exact) mass is 241 g/mol. The quantitative estimate of drug-likeness (QED) is 0.738. The molecule has 1 rings (SSSR count). The SMILES string of the molecule is CCCNCC(CC)Oc1ccccc1Cl. The molecule has 0 spiro atoms. The van der Waals surface area contributed by atoms with E-state index in [1.807, 2.05) is 24.3 Å². The molecule has 0 aliphatic carbocycles. The van der Waals surface area contributed by atoms with Gasteiger partial charge in [0.2, 0.25) is 0 Å². The Morgan fingerprint density at radius 3 is 2.69 bits per heavy atom. The molecule has 0 aliphatic heterocycles. The third-order valence-corrected chi connectivity index (χ3v) is 2.70. The molecule has 0 heterocycles. The van der Waals surface area contributed by atoms with Crippen LogP contribution >= 0.6 is 11.6 Å². The van der Waals surface area contributed by atoms with Crippen molar-refractivity contribution >= 4 is 11.6 Å². The summed E-state index contributed by atoms with van der Waals surface area (Å²) < 4.78 is 5.85. The van der Waals surface area contributed by atoms with E-state index >= 15 is 0 Å². The maximum Gasteiger partial charge on any atom is 0.138 e. The van der Waals surface area contributed by atoms with Crippen LogP contribution in [0.4, 0.5) is 0 Å². The molecule has 1 aromatic carbocycles. The van der Waals surface area contributed by atoms with Gasteiger partial charge < -0.3 is 10.1 Å². The number of nitrogens with one attached hydrogen (secondary N) is 1. The van der Waals surface area contributed by atoms with Crippen molar-refractivity contribution in [2.45, 2.75) is 32.8 Å². The van der Waals surface area contributed by atoms with Crippen LogP contribution in [-0.4, -0.2) is 19.2 Å². The lowest BCUT2D eigenvalue weighted by Crippen LogP contribution is -2.31. The fraction of sp³-hybridized carbons (Fsp3) is 0.538. The molecule has 0 aromatic heterocycles. The molecule has 1 N–H and O–H groups in total. The summed E-state index contributed by atoms with van der Waals surface area (Å²) in [5.74, 6) is 0.773. The van der Waals surface area contributed by atoms with E-state index in [2.05, 4.69) is 19.2 Å². The summed E-state index contributed by atoms with van der Waals surface area (Å²) in [6, 6.07) is 7.60. The van der Waals surface area contributed by atoms with Crippen LogP contribution in [0.2, 0.25) is 5.02 Å². The molecule has 0 saturated carbocycles. The van der Waals surface area contributed by atoms with E-state index in [1.165, 1.54) is 0 Å². The van der Waals surface area contributed by atoms with Gasteiger partial charge in [-0.3, -0.25) is 0 Å². The number of hydrogen-bond acceptors (Lipinski definition) is 2. The minimum absolute atomic E-state index is 0.187. The molecule has 1 aromatic rings. The van der Waals surface area contributed by atoms with Gasteiger partial charge in [0.25, 0.3) is 0 Å². The second kappa shape index (κ2) is 7.53. The Hall–Kier alpha value is -0.730. The third-order valence-electron chi connectivity index (χ3n) is 2.38. The molecule has 90 valence electrons. The molecule has 0 bridgehead atoms. The Bertz CT molecular complexity index is 304. The lowest BCUT2D eigenvalue weighted by Gasteiger charge is -2.18.